The molecular formula is C19H20BrN5O3. The van der Waals surface area contributed by atoms with Gasteiger partial charge in [0.15, 0.2) is 5.69 Å². The molecule has 1 aromatic carbocycles. The lowest BCUT2D eigenvalue weighted by Gasteiger charge is -2.09. The van der Waals surface area contributed by atoms with Crippen LogP contribution in [0.4, 0.5) is 5.69 Å². The molecule has 0 saturated heterocycles. The summed E-state index contributed by atoms with van der Waals surface area (Å²) < 4.78 is 4.36. The molecule has 0 aliphatic carbocycles. The van der Waals surface area contributed by atoms with Gasteiger partial charge in [-0.3, -0.25) is 14.2 Å². The van der Waals surface area contributed by atoms with Gasteiger partial charge in [-0.1, -0.05) is 12.1 Å². The molecule has 2 N–H and O–H groups in total. The van der Waals surface area contributed by atoms with Gasteiger partial charge < -0.3 is 10.4 Å². The van der Waals surface area contributed by atoms with Crippen LogP contribution in [0.2, 0.25) is 0 Å². The van der Waals surface area contributed by atoms with E-state index in [4.69, 9.17) is 5.11 Å². The van der Waals surface area contributed by atoms with Gasteiger partial charge in [-0.25, -0.2) is 4.79 Å². The number of carboxylic acid groups (broad SMARTS) is 1. The third-order valence-corrected chi connectivity index (χ3v) is 5.41. The zero-order valence-corrected chi connectivity index (χ0v) is 17.1. The first-order valence-corrected chi connectivity index (χ1v) is 9.48. The molecular weight excluding hydrogens is 426 g/mol. The summed E-state index contributed by atoms with van der Waals surface area (Å²) in [6.45, 7) is 4.86. The predicted octanol–water partition coefficient (Wildman–Crippen LogP) is 3.23. The number of amides is 1. The van der Waals surface area contributed by atoms with Crippen molar-refractivity contribution in [1.29, 1.82) is 0 Å². The normalized spacial score (nSPS) is 10.8. The van der Waals surface area contributed by atoms with Crippen molar-refractivity contribution in [2.75, 3.05) is 5.32 Å². The van der Waals surface area contributed by atoms with Crippen LogP contribution in [-0.4, -0.2) is 36.5 Å². The van der Waals surface area contributed by atoms with Crippen LogP contribution in [-0.2, 0) is 17.9 Å². The lowest BCUT2D eigenvalue weighted by molar-refractivity contribution is -0.116. The number of carbonyl (C=O) groups excluding carboxylic acids is 1. The number of hydrogen-bond acceptors (Lipinski definition) is 4. The van der Waals surface area contributed by atoms with E-state index in [2.05, 4.69) is 31.4 Å². The van der Waals surface area contributed by atoms with Gasteiger partial charge in [-0.15, -0.1) is 0 Å². The Kier molecular flexibility index (Phi) is 5.93. The number of nitrogens with zero attached hydrogens (tertiary/aromatic N) is 4. The van der Waals surface area contributed by atoms with Crippen LogP contribution in [0.1, 0.15) is 33.9 Å². The minimum absolute atomic E-state index is 0.0381. The molecule has 0 saturated carbocycles. The number of aromatic carboxylic acids is 1. The molecule has 0 spiro atoms. The van der Waals surface area contributed by atoms with Crippen molar-refractivity contribution < 1.29 is 14.7 Å². The quantitative estimate of drug-likeness (QED) is 0.580. The molecule has 0 aliphatic rings. The van der Waals surface area contributed by atoms with Gasteiger partial charge >= 0.3 is 5.97 Å². The summed E-state index contributed by atoms with van der Waals surface area (Å²) in [5.41, 5.74) is 3.67. The maximum atomic E-state index is 12.2. The maximum Gasteiger partial charge on any atom is 0.356 e. The molecule has 0 fully saturated rings. The summed E-state index contributed by atoms with van der Waals surface area (Å²) in [5.74, 6) is -1.26. The molecule has 0 bridgehead atoms. The van der Waals surface area contributed by atoms with Gasteiger partial charge in [0.05, 0.1) is 22.4 Å². The predicted molar refractivity (Wildman–Crippen MR) is 107 cm³/mol. The minimum atomic E-state index is -1.09. The van der Waals surface area contributed by atoms with E-state index in [0.717, 1.165) is 21.4 Å². The molecule has 28 heavy (non-hydrogen) atoms. The van der Waals surface area contributed by atoms with Gasteiger partial charge in [-0.05, 0) is 53.5 Å². The highest BCUT2D eigenvalue weighted by atomic mass is 79.9. The second-order valence-electron chi connectivity index (χ2n) is 6.41. The largest absolute Gasteiger partial charge is 0.476 e. The van der Waals surface area contributed by atoms with E-state index < -0.39 is 5.97 Å². The second kappa shape index (κ2) is 8.39. The zero-order chi connectivity index (χ0) is 20.3. The number of hydrogen-bond donors (Lipinski definition) is 2. The average molecular weight is 446 g/mol. The standard InChI is InChI=1S/C19H20BrN5O3/c1-12-18(20)13(2)25(22-12)11-14-4-3-5-15(10-14)21-17(26)7-9-24-8-6-16(23-24)19(27)28/h3-6,8,10H,7,9,11H2,1-2H3,(H,21,26)(H,27,28). The highest BCUT2D eigenvalue weighted by molar-refractivity contribution is 9.10. The maximum absolute atomic E-state index is 12.2. The number of aromatic nitrogens is 4. The molecule has 2 heterocycles. The molecule has 0 radical (unpaired) electrons. The smallest absolute Gasteiger partial charge is 0.356 e. The van der Waals surface area contributed by atoms with Crippen molar-refractivity contribution in [1.82, 2.24) is 19.6 Å². The first-order valence-electron chi connectivity index (χ1n) is 8.68. The molecule has 9 heteroatoms. The number of benzene rings is 1. The van der Waals surface area contributed by atoms with Crippen LogP contribution in [0, 0.1) is 13.8 Å². The summed E-state index contributed by atoms with van der Waals surface area (Å²) in [6, 6.07) is 9.02. The van der Waals surface area contributed by atoms with E-state index in [9.17, 15) is 9.59 Å². The van der Waals surface area contributed by atoms with E-state index >= 15 is 0 Å². The zero-order valence-electron chi connectivity index (χ0n) is 15.5. The molecule has 8 nitrogen and oxygen atoms in total. The van der Waals surface area contributed by atoms with E-state index in [-0.39, 0.29) is 18.0 Å². The molecule has 146 valence electrons. The van der Waals surface area contributed by atoms with Crippen molar-refractivity contribution in [2.24, 2.45) is 0 Å². The fraction of sp³-hybridized carbons (Fsp3) is 0.263. The SMILES string of the molecule is Cc1nn(Cc2cccc(NC(=O)CCn3ccc(C(=O)O)n3)c2)c(C)c1Br. The van der Waals surface area contributed by atoms with Crippen LogP contribution in [0.15, 0.2) is 41.0 Å². The summed E-state index contributed by atoms with van der Waals surface area (Å²) in [5, 5.41) is 20.1. The molecule has 2 aromatic heterocycles. The number of carbonyl (C=O) groups is 2. The number of aryl methyl sites for hydroxylation is 2. The Balaban J connectivity index is 1.59. The molecule has 0 unspecified atom stereocenters. The van der Waals surface area contributed by atoms with Gasteiger partial charge in [0.25, 0.3) is 0 Å². The fourth-order valence-electron chi connectivity index (χ4n) is 2.79. The van der Waals surface area contributed by atoms with E-state index in [1.165, 1.54) is 10.7 Å². The Bertz CT molecular complexity index is 1020. The van der Waals surface area contributed by atoms with E-state index in [1.807, 2.05) is 42.8 Å². The minimum Gasteiger partial charge on any atom is -0.476 e. The summed E-state index contributed by atoms with van der Waals surface area (Å²) in [4.78, 5) is 23.0. The van der Waals surface area contributed by atoms with Crippen LogP contribution < -0.4 is 5.32 Å². The fourth-order valence-corrected chi connectivity index (χ4v) is 3.07. The van der Waals surface area contributed by atoms with Crippen molar-refractivity contribution in [3.05, 3.63) is 63.6 Å². The molecule has 0 aliphatic heterocycles. The van der Waals surface area contributed by atoms with Crippen molar-refractivity contribution >= 4 is 33.5 Å². The van der Waals surface area contributed by atoms with Crippen molar-refractivity contribution in [3.63, 3.8) is 0 Å². The summed E-state index contributed by atoms with van der Waals surface area (Å²) in [7, 11) is 0. The van der Waals surface area contributed by atoms with Gasteiger partial charge in [-0.2, -0.15) is 10.2 Å². The second-order valence-corrected chi connectivity index (χ2v) is 7.20. The van der Waals surface area contributed by atoms with Gasteiger partial charge in [0.2, 0.25) is 5.91 Å². The lowest BCUT2D eigenvalue weighted by atomic mass is 10.2. The van der Waals surface area contributed by atoms with Crippen LogP contribution >= 0.6 is 15.9 Å². The number of halogens is 1. The van der Waals surface area contributed by atoms with E-state index in [1.54, 1.807) is 6.20 Å². The van der Waals surface area contributed by atoms with Gasteiger partial charge in [0, 0.05) is 24.8 Å². The molecule has 1 amide bonds. The molecule has 3 aromatic rings. The number of rotatable bonds is 7. The first-order chi connectivity index (χ1) is 13.3. The monoisotopic (exact) mass is 445 g/mol. The Morgan fingerprint density at radius 2 is 2.00 bits per heavy atom. The van der Waals surface area contributed by atoms with Crippen LogP contribution in [0.3, 0.4) is 0 Å². The van der Waals surface area contributed by atoms with Crippen molar-refractivity contribution in [2.45, 2.75) is 33.4 Å². The Morgan fingerprint density at radius 1 is 1.21 bits per heavy atom. The van der Waals surface area contributed by atoms with E-state index in [0.29, 0.717) is 18.8 Å². The number of anilines is 1. The molecule has 3 rings (SSSR count). The Morgan fingerprint density at radius 3 is 2.64 bits per heavy atom. The lowest BCUT2D eigenvalue weighted by Crippen LogP contribution is -2.15. The highest BCUT2D eigenvalue weighted by Crippen LogP contribution is 2.21. The third-order valence-electron chi connectivity index (χ3n) is 4.26. The molecule has 0 atom stereocenters. The van der Waals surface area contributed by atoms with Gasteiger partial charge in [0.1, 0.15) is 0 Å². The topological polar surface area (TPSA) is 102 Å². The van der Waals surface area contributed by atoms with Crippen LogP contribution in [0.5, 0.6) is 0 Å². The average Bonchev–Trinajstić information content (AvgIpc) is 3.22. The number of nitrogens with one attached hydrogen (secondary N) is 1. The number of carboxylic acids is 1. The van der Waals surface area contributed by atoms with Crippen molar-refractivity contribution in [3.8, 4) is 0 Å². The van der Waals surface area contributed by atoms with Crippen LogP contribution in [0.25, 0.3) is 0 Å². The summed E-state index contributed by atoms with van der Waals surface area (Å²) >= 11 is 3.53. The summed E-state index contributed by atoms with van der Waals surface area (Å²) in [6.07, 6.45) is 1.74. The first kappa shape index (κ1) is 19.8. The Labute approximate surface area is 170 Å². The Hall–Kier alpha value is -2.94. The highest BCUT2D eigenvalue weighted by Gasteiger charge is 2.11. The third kappa shape index (κ3) is 4.66.